The Labute approximate surface area is 210 Å². The van der Waals surface area contributed by atoms with Crippen molar-refractivity contribution in [3.8, 4) is 0 Å². The number of carboxylic acids is 1. The number of hydrogen-bond acceptors (Lipinski definition) is 5. The highest BCUT2D eigenvalue weighted by atomic mass is 16.5. The molecule has 0 spiro atoms. The third kappa shape index (κ3) is 4.34. The van der Waals surface area contributed by atoms with Gasteiger partial charge in [-0.3, -0.25) is 9.69 Å². The van der Waals surface area contributed by atoms with Gasteiger partial charge in [-0.1, -0.05) is 30.3 Å². The number of nitrogens with zero attached hydrogens (tertiary/aromatic N) is 3. The molecule has 1 fully saturated rings. The number of rotatable bonds is 5. The highest BCUT2D eigenvalue weighted by Crippen LogP contribution is 2.40. The number of aryl methyl sites for hydroxylation is 1. The van der Waals surface area contributed by atoms with Crippen molar-refractivity contribution in [3.05, 3.63) is 59.4 Å². The maximum atomic E-state index is 12.6. The Morgan fingerprint density at radius 1 is 1.14 bits per heavy atom. The molecular weight excluding hydrogens is 458 g/mol. The van der Waals surface area contributed by atoms with E-state index < -0.39 is 18.0 Å². The standard InChI is InChI=1S/C28H33N3O5/c1-17-11-12-21-23(30(17)28(35)36-2)13-14-24-26(21)29-25(31(24)19-9-6-10-20(32)15-19)16-22(27(33)34)18-7-4-3-5-8-18/h3-5,7-8,13-14,17,19-20,22,32H,6,9-12,15-16H2,1-2H3,(H,33,34)/t17-,19+,20-,22?/m0/s1. The number of aliphatic hydroxyl groups excluding tert-OH is 1. The maximum absolute atomic E-state index is 12.6. The van der Waals surface area contributed by atoms with Crippen LogP contribution in [0.4, 0.5) is 10.5 Å². The Morgan fingerprint density at radius 2 is 1.92 bits per heavy atom. The predicted molar refractivity (Wildman–Crippen MR) is 136 cm³/mol. The number of ether oxygens (including phenoxy) is 1. The van der Waals surface area contributed by atoms with E-state index in [0.717, 1.165) is 60.0 Å². The second-order valence-corrected chi connectivity index (χ2v) is 10.0. The first kappa shape index (κ1) is 24.3. The number of carboxylic acid groups (broad SMARTS) is 1. The molecule has 8 heteroatoms. The molecule has 2 heterocycles. The lowest BCUT2D eigenvalue weighted by Crippen LogP contribution is -2.42. The number of carbonyl (C=O) groups excluding carboxylic acids is 1. The van der Waals surface area contributed by atoms with E-state index in [2.05, 4.69) is 4.57 Å². The summed E-state index contributed by atoms with van der Waals surface area (Å²) in [6.07, 6.45) is 4.22. The van der Waals surface area contributed by atoms with Crippen molar-refractivity contribution in [1.82, 2.24) is 9.55 Å². The van der Waals surface area contributed by atoms with Crippen molar-refractivity contribution < 1.29 is 24.5 Å². The van der Waals surface area contributed by atoms with Crippen LogP contribution in [0.25, 0.3) is 11.0 Å². The Balaban J connectivity index is 1.66. The number of amides is 1. The lowest BCUT2D eigenvalue weighted by molar-refractivity contribution is -0.138. The number of hydrogen-bond donors (Lipinski definition) is 2. The molecule has 0 saturated heterocycles. The SMILES string of the molecule is COC(=O)N1c2ccc3c(nc(CC(C(=O)O)c4ccccc4)n3[C@@H]3CCC[C@H](O)C3)c2CC[C@@H]1C. The van der Waals surface area contributed by atoms with Gasteiger partial charge >= 0.3 is 12.1 Å². The van der Waals surface area contributed by atoms with Gasteiger partial charge in [0.2, 0.25) is 0 Å². The van der Waals surface area contributed by atoms with Crippen molar-refractivity contribution in [2.45, 2.75) is 76.0 Å². The lowest BCUT2D eigenvalue weighted by atomic mass is 9.91. The minimum atomic E-state index is -0.892. The van der Waals surface area contributed by atoms with E-state index in [9.17, 15) is 19.8 Å². The van der Waals surface area contributed by atoms with Crippen LogP contribution in [0.5, 0.6) is 0 Å². The number of anilines is 1. The number of aliphatic hydroxyl groups is 1. The number of carbonyl (C=O) groups is 2. The normalized spacial score (nSPS) is 22.8. The van der Waals surface area contributed by atoms with Crippen LogP contribution in [0.1, 0.15) is 67.9 Å². The monoisotopic (exact) mass is 491 g/mol. The summed E-state index contributed by atoms with van der Waals surface area (Å²) >= 11 is 0. The number of benzene rings is 2. The first-order valence-corrected chi connectivity index (χ1v) is 12.7. The molecule has 0 radical (unpaired) electrons. The van der Waals surface area contributed by atoms with Crippen LogP contribution < -0.4 is 4.90 Å². The Bertz CT molecular complexity index is 1270. The summed E-state index contributed by atoms with van der Waals surface area (Å²) in [5.74, 6) is -0.925. The number of aromatic nitrogens is 2. The summed E-state index contributed by atoms with van der Waals surface area (Å²) in [5.41, 5.74) is 4.25. The third-order valence-corrected chi connectivity index (χ3v) is 7.77. The minimum Gasteiger partial charge on any atom is -0.481 e. The zero-order chi connectivity index (χ0) is 25.4. The smallest absolute Gasteiger partial charge is 0.414 e. The van der Waals surface area contributed by atoms with Crippen LogP contribution in [0, 0.1) is 0 Å². The molecule has 1 aliphatic heterocycles. The highest BCUT2D eigenvalue weighted by molar-refractivity contribution is 5.95. The molecule has 1 saturated carbocycles. The van der Waals surface area contributed by atoms with E-state index in [1.165, 1.54) is 7.11 Å². The van der Waals surface area contributed by atoms with Crippen LogP contribution >= 0.6 is 0 Å². The van der Waals surface area contributed by atoms with E-state index >= 15 is 0 Å². The molecule has 3 aromatic rings. The molecule has 0 bridgehead atoms. The largest absolute Gasteiger partial charge is 0.481 e. The van der Waals surface area contributed by atoms with Gasteiger partial charge in [-0.05, 0) is 63.1 Å². The van der Waals surface area contributed by atoms with Gasteiger partial charge in [0, 0.05) is 24.1 Å². The fourth-order valence-electron chi connectivity index (χ4n) is 5.96. The molecule has 8 nitrogen and oxygen atoms in total. The first-order valence-electron chi connectivity index (χ1n) is 12.7. The summed E-state index contributed by atoms with van der Waals surface area (Å²) in [7, 11) is 1.39. The van der Waals surface area contributed by atoms with Crippen LogP contribution in [0.15, 0.2) is 42.5 Å². The van der Waals surface area contributed by atoms with Crippen molar-refractivity contribution in [1.29, 1.82) is 0 Å². The average Bonchev–Trinajstić information content (AvgIpc) is 3.25. The lowest BCUT2D eigenvalue weighted by Gasteiger charge is -2.34. The van der Waals surface area contributed by atoms with Crippen molar-refractivity contribution >= 4 is 28.8 Å². The minimum absolute atomic E-state index is 0.00641. The summed E-state index contributed by atoms with van der Waals surface area (Å²) < 4.78 is 7.23. The van der Waals surface area contributed by atoms with Crippen LogP contribution in [0.3, 0.4) is 0 Å². The Hall–Kier alpha value is -3.39. The number of methoxy groups -OCH3 is 1. The molecule has 36 heavy (non-hydrogen) atoms. The first-order chi connectivity index (χ1) is 17.4. The second-order valence-electron chi connectivity index (χ2n) is 10.0. The van der Waals surface area contributed by atoms with Crippen molar-refractivity contribution in [2.24, 2.45) is 0 Å². The van der Waals surface area contributed by atoms with Gasteiger partial charge < -0.3 is 19.5 Å². The Kier molecular flexibility index (Phi) is 6.71. The molecule has 1 unspecified atom stereocenters. The molecule has 4 atom stereocenters. The van der Waals surface area contributed by atoms with Gasteiger partial charge in [0.1, 0.15) is 5.82 Å². The molecule has 5 rings (SSSR count). The van der Waals surface area contributed by atoms with Gasteiger partial charge in [0.25, 0.3) is 0 Å². The molecular formula is C28H33N3O5. The van der Waals surface area contributed by atoms with Crippen LogP contribution in [-0.4, -0.2) is 51.1 Å². The van der Waals surface area contributed by atoms with Crippen molar-refractivity contribution in [2.75, 3.05) is 12.0 Å². The maximum Gasteiger partial charge on any atom is 0.414 e. The molecule has 1 aromatic heterocycles. The van der Waals surface area contributed by atoms with Gasteiger partial charge in [-0.2, -0.15) is 0 Å². The van der Waals surface area contributed by atoms with Gasteiger partial charge in [-0.15, -0.1) is 0 Å². The quantitative estimate of drug-likeness (QED) is 0.530. The fourth-order valence-corrected chi connectivity index (χ4v) is 5.96. The van der Waals surface area contributed by atoms with Gasteiger partial charge in [0.05, 0.1) is 35.9 Å². The molecule has 1 amide bonds. The number of aliphatic carboxylic acids is 1. The van der Waals surface area contributed by atoms with E-state index in [0.29, 0.717) is 12.2 Å². The average molecular weight is 492 g/mol. The third-order valence-electron chi connectivity index (χ3n) is 7.77. The summed E-state index contributed by atoms with van der Waals surface area (Å²) in [4.78, 5) is 31.7. The predicted octanol–water partition coefficient (Wildman–Crippen LogP) is 4.83. The van der Waals surface area contributed by atoms with E-state index in [4.69, 9.17) is 9.72 Å². The molecule has 190 valence electrons. The number of imidazole rings is 1. The zero-order valence-electron chi connectivity index (χ0n) is 20.8. The van der Waals surface area contributed by atoms with Crippen molar-refractivity contribution in [3.63, 3.8) is 0 Å². The molecule has 2 aliphatic rings. The second kappa shape index (κ2) is 9.93. The summed E-state index contributed by atoms with van der Waals surface area (Å²) in [6.45, 7) is 2.01. The molecule has 2 aromatic carbocycles. The van der Waals surface area contributed by atoms with Gasteiger partial charge in [-0.25, -0.2) is 9.78 Å². The van der Waals surface area contributed by atoms with E-state index in [1.807, 2.05) is 49.4 Å². The fraction of sp³-hybridized carbons (Fsp3) is 0.464. The number of fused-ring (bicyclic) bond motifs is 3. The molecule has 2 N–H and O–H groups in total. The van der Waals surface area contributed by atoms with Crippen LogP contribution in [-0.2, 0) is 22.4 Å². The van der Waals surface area contributed by atoms with Crippen LogP contribution in [0.2, 0.25) is 0 Å². The highest BCUT2D eigenvalue weighted by Gasteiger charge is 2.34. The Morgan fingerprint density at radius 3 is 2.61 bits per heavy atom. The summed E-state index contributed by atoms with van der Waals surface area (Å²) in [6, 6.07) is 13.2. The zero-order valence-corrected chi connectivity index (χ0v) is 20.8. The molecule has 1 aliphatic carbocycles. The summed E-state index contributed by atoms with van der Waals surface area (Å²) in [5, 5.41) is 20.6. The van der Waals surface area contributed by atoms with Gasteiger partial charge in [0.15, 0.2) is 0 Å². The van der Waals surface area contributed by atoms with E-state index in [1.54, 1.807) is 4.90 Å². The topological polar surface area (TPSA) is 105 Å². The van der Waals surface area contributed by atoms with E-state index in [-0.39, 0.29) is 24.6 Å².